The fraction of sp³-hybridized carbons (Fsp3) is 0.600. The molecular formula is C25H38N6O3. The molecule has 2 aromatic rings. The maximum absolute atomic E-state index is 12.9. The highest BCUT2D eigenvalue weighted by Gasteiger charge is 2.27. The van der Waals surface area contributed by atoms with E-state index in [1.165, 1.54) is 0 Å². The first kappa shape index (κ1) is 25.8. The van der Waals surface area contributed by atoms with Gasteiger partial charge in [-0.1, -0.05) is 24.5 Å². The summed E-state index contributed by atoms with van der Waals surface area (Å²) in [4.78, 5) is 26.9. The van der Waals surface area contributed by atoms with Gasteiger partial charge >= 0.3 is 0 Å². The van der Waals surface area contributed by atoms with Crippen LogP contribution in [0.15, 0.2) is 23.2 Å². The number of aromatic nitrogens is 2. The Labute approximate surface area is 201 Å². The van der Waals surface area contributed by atoms with Crippen molar-refractivity contribution in [3.8, 4) is 0 Å². The highest BCUT2D eigenvalue weighted by Crippen LogP contribution is 2.28. The van der Waals surface area contributed by atoms with E-state index < -0.39 is 5.60 Å². The molecule has 34 heavy (non-hydrogen) atoms. The third-order valence-electron chi connectivity index (χ3n) is 6.23. The second-order valence-corrected chi connectivity index (χ2v) is 9.53. The van der Waals surface area contributed by atoms with E-state index in [1.807, 2.05) is 39.0 Å². The van der Waals surface area contributed by atoms with Gasteiger partial charge in [0.15, 0.2) is 0 Å². The van der Waals surface area contributed by atoms with Crippen molar-refractivity contribution in [2.45, 2.75) is 70.6 Å². The van der Waals surface area contributed by atoms with E-state index in [1.54, 1.807) is 14.2 Å². The number of aryl methyl sites for hydroxylation is 1. The lowest BCUT2D eigenvalue weighted by Gasteiger charge is -2.30. The lowest BCUT2D eigenvalue weighted by atomic mass is 9.90. The van der Waals surface area contributed by atoms with Crippen LogP contribution in [0.1, 0.15) is 62.1 Å². The average molecular weight is 471 g/mol. The SMILES string of the molecule is COCCC(N)=N[C@@H]1CCCC[C@@H]1Nc1nc(C(=O)NCC(C)(C)OC)nc2ccc(C)cc12. The largest absolute Gasteiger partial charge is 0.387 e. The minimum absolute atomic E-state index is 0.0419. The molecule has 4 N–H and O–H groups in total. The number of benzene rings is 1. The predicted molar refractivity (Wildman–Crippen MR) is 135 cm³/mol. The standard InChI is InChI=1S/C25H38N6O3/c1-16-10-11-18-17(14-16)22(31-23(29-18)24(32)27-15-25(2,3)34-5)30-20-9-7-6-8-19(20)28-21(26)12-13-33-4/h10-11,14,19-20H,6-9,12-13,15H2,1-5H3,(H2,26,28)(H,27,32)(H,29,30,31)/t19-,20+/m1/s1. The number of fused-ring (bicyclic) bond motifs is 1. The summed E-state index contributed by atoms with van der Waals surface area (Å²) in [6.07, 6.45) is 4.72. The number of aliphatic imine (C=N–C) groups is 1. The van der Waals surface area contributed by atoms with Crippen LogP contribution < -0.4 is 16.4 Å². The Bertz CT molecular complexity index is 1020. The van der Waals surface area contributed by atoms with Gasteiger partial charge in [-0.15, -0.1) is 0 Å². The zero-order valence-electron chi connectivity index (χ0n) is 21.0. The van der Waals surface area contributed by atoms with Crippen molar-refractivity contribution in [1.29, 1.82) is 0 Å². The third kappa shape index (κ3) is 6.87. The van der Waals surface area contributed by atoms with E-state index in [0.29, 0.717) is 31.2 Å². The third-order valence-corrected chi connectivity index (χ3v) is 6.23. The maximum atomic E-state index is 12.9. The molecule has 186 valence electrons. The molecule has 9 heteroatoms. The fourth-order valence-electron chi connectivity index (χ4n) is 3.99. The zero-order chi connectivity index (χ0) is 24.7. The van der Waals surface area contributed by atoms with Crippen molar-refractivity contribution in [2.75, 3.05) is 32.7 Å². The van der Waals surface area contributed by atoms with Crippen molar-refractivity contribution in [2.24, 2.45) is 10.7 Å². The van der Waals surface area contributed by atoms with Gasteiger partial charge < -0.3 is 25.8 Å². The van der Waals surface area contributed by atoms with E-state index in [0.717, 1.165) is 42.1 Å². The van der Waals surface area contributed by atoms with Gasteiger partial charge in [0, 0.05) is 38.6 Å². The minimum Gasteiger partial charge on any atom is -0.387 e. The van der Waals surface area contributed by atoms with Crippen molar-refractivity contribution < 1.29 is 14.3 Å². The number of nitrogens with two attached hydrogens (primary N) is 1. The molecule has 0 unspecified atom stereocenters. The van der Waals surface area contributed by atoms with Crippen LogP contribution in [-0.4, -0.2) is 66.8 Å². The molecule has 0 saturated heterocycles. The monoisotopic (exact) mass is 470 g/mol. The summed E-state index contributed by atoms with van der Waals surface area (Å²) in [6, 6.07) is 6.06. The average Bonchev–Trinajstić information content (AvgIpc) is 2.82. The van der Waals surface area contributed by atoms with Crippen LogP contribution in [0.25, 0.3) is 10.9 Å². The van der Waals surface area contributed by atoms with Crippen LogP contribution in [0.2, 0.25) is 0 Å². The Balaban J connectivity index is 1.90. The number of carbonyl (C=O) groups excluding carboxylic acids is 1. The molecule has 0 bridgehead atoms. The summed E-state index contributed by atoms with van der Waals surface area (Å²) in [6.45, 7) is 6.74. The van der Waals surface area contributed by atoms with E-state index in [-0.39, 0.29) is 23.8 Å². The summed E-state index contributed by atoms with van der Waals surface area (Å²) in [7, 11) is 3.28. The highest BCUT2D eigenvalue weighted by atomic mass is 16.5. The first-order valence-electron chi connectivity index (χ1n) is 11.9. The molecule has 1 amide bonds. The lowest BCUT2D eigenvalue weighted by molar-refractivity contribution is 0.0227. The van der Waals surface area contributed by atoms with Gasteiger partial charge in [0.05, 0.1) is 29.6 Å². The molecule has 0 spiro atoms. The van der Waals surface area contributed by atoms with E-state index >= 15 is 0 Å². The number of hydrogen-bond donors (Lipinski definition) is 3. The van der Waals surface area contributed by atoms with Crippen LogP contribution in [0.4, 0.5) is 5.82 Å². The van der Waals surface area contributed by atoms with Crippen LogP contribution in [0.3, 0.4) is 0 Å². The molecule has 1 aromatic carbocycles. The van der Waals surface area contributed by atoms with Crippen LogP contribution in [0, 0.1) is 6.92 Å². The summed E-state index contributed by atoms with van der Waals surface area (Å²) in [5, 5.41) is 7.36. The number of hydrogen-bond acceptors (Lipinski definition) is 7. The zero-order valence-corrected chi connectivity index (χ0v) is 21.0. The summed E-state index contributed by atoms with van der Waals surface area (Å²) < 4.78 is 10.5. The minimum atomic E-state index is -0.485. The molecule has 0 radical (unpaired) electrons. The quantitative estimate of drug-likeness (QED) is 0.360. The van der Waals surface area contributed by atoms with Crippen molar-refractivity contribution in [3.63, 3.8) is 0 Å². The number of rotatable bonds is 10. The molecule has 1 aromatic heterocycles. The number of anilines is 1. The molecule has 1 fully saturated rings. The normalized spacial score (nSPS) is 19.3. The Morgan fingerprint density at radius 3 is 2.74 bits per heavy atom. The van der Waals surface area contributed by atoms with Gasteiger partial charge in [-0.2, -0.15) is 0 Å². The van der Waals surface area contributed by atoms with Gasteiger partial charge in [0.25, 0.3) is 5.91 Å². The second-order valence-electron chi connectivity index (χ2n) is 9.53. The fourth-order valence-corrected chi connectivity index (χ4v) is 3.99. The summed E-state index contributed by atoms with van der Waals surface area (Å²) in [5.74, 6) is 1.04. The number of ether oxygens (including phenoxy) is 2. The van der Waals surface area contributed by atoms with E-state index in [4.69, 9.17) is 20.2 Å². The second kappa shape index (κ2) is 11.6. The number of carbonyl (C=O) groups is 1. The molecule has 1 heterocycles. The van der Waals surface area contributed by atoms with Crippen molar-refractivity contribution in [3.05, 3.63) is 29.6 Å². The number of nitrogens with zero attached hydrogens (tertiary/aromatic N) is 3. The first-order valence-corrected chi connectivity index (χ1v) is 11.9. The summed E-state index contributed by atoms with van der Waals surface area (Å²) in [5.41, 5.74) is 7.48. The predicted octanol–water partition coefficient (Wildman–Crippen LogP) is 3.21. The molecular weight excluding hydrogens is 432 g/mol. The van der Waals surface area contributed by atoms with E-state index in [9.17, 15) is 4.79 Å². The number of nitrogens with one attached hydrogen (secondary N) is 2. The highest BCUT2D eigenvalue weighted by molar-refractivity contribution is 5.96. The molecule has 0 aliphatic heterocycles. The van der Waals surface area contributed by atoms with Crippen molar-refractivity contribution in [1.82, 2.24) is 15.3 Å². The van der Waals surface area contributed by atoms with Crippen LogP contribution in [0.5, 0.6) is 0 Å². The van der Waals surface area contributed by atoms with Gasteiger partial charge in [-0.3, -0.25) is 9.79 Å². The molecule has 1 aliphatic rings. The molecule has 1 saturated carbocycles. The Morgan fingerprint density at radius 1 is 1.24 bits per heavy atom. The Kier molecular flexibility index (Phi) is 8.79. The number of methoxy groups -OCH3 is 2. The van der Waals surface area contributed by atoms with E-state index in [2.05, 4.69) is 20.6 Å². The molecule has 1 aliphatic carbocycles. The summed E-state index contributed by atoms with van der Waals surface area (Å²) >= 11 is 0. The van der Waals surface area contributed by atoms with Crippen molar-refractivity contribution >= 4 is 28.5 Å². The van der Waals surface area contributed by atoms with Crippen LogP contribution >= 0.6 is 0 Å². The molecule has 9 nitrogen and oxygen atoms in total. The first-order chi connectivity index (χ1) is 16.2. The number of amidine groups is 1. The van der Waals surface area contributed by atoms with Gasteiger partial charge in [-0.05, 0) is 45.7 Å². The van der Waals surface area contributed by atoms with Gasteiger partial charge in [0.2, 0.25) is 5.82 Å². The topological polar surface area (TPSA) is 124 Å². The Hall–Kier alpha value is -2.78. The van der Waals surface area contributed by atoms with Gasteiger partial charge in [-0.25, -0.2) is 9.97 Å². The van der Waals surface area contributed by atoms with Gasteiger partial charge in [0.1, 0.15) is 5.82 Å². The molecule has 3 rings (SSSR count). The Morgan fingerprint density at radius 2 is 2.00 bits per heavy atom. The van der Waals surface area contributed by atoms with Crippen LogP contribution in [-0.2, 0) is 9.47 Å². The molecule has 2 atom stereocenters. The number of amides is 1. The lowest BCUT2D eigenvalue weighted by Crippen LogP contribution is -2.40. The smallest absolute Gasteiger partial charge is 0.289 e. The maximum Gasteiger partial charge on any atom is 0.289 e.